The molecule has 0 amide bonds. The summed E-state index contributed by atoms with van der Waals surface area (Å²) in [6.45, 7) is 1.19. The molecule has 1 aromatic carbocycles. The molecule has 0 saturated carbocycles. The Balaban J connectivity index is 2.02. The quantitative estimate of drug-likeness (QED) is 0.910. The topological polar surface area (TPSA) is 57.2 Å². The van der Waals surface area contributed by atoms with E-state index in [-0.39, 0.29) is 5.56 Å². The Kier molecular flexibility index (Phi) is 4.60. The Morgan fingerprint density at radius 1 is 1.21 bits per heavy atom. The molecule has 0 fully saturated rings. The van der Waals surface area contributed by atoms with Crippen LogP contribution in [0.25, 0.3) is 0 Å². The normalized spacial score (nSPS) is 10.4. The fraction of sp³-hybridized carbons (Fsp3) is 0.214. The van der Waals surface area contributed by atoms with Gasteiger partial charge in [-0.2, -0.15) is 0 Å². The SMILES string of the molecule is NCc1c(Cl)cccc1OCCn1ccccc1=O. The van der Waals surface area contributed by atoms with Crippen molar-refractivity contribution in [3.63, 3.8) is 0 Å². The highest BCUT2D eigenvalue weighted by Gasteiger charge is 2.06. The smallest absolute Gasteiger partial charge is 0.250 e. The standard InChI is InChI=1S/C14H15ClN2O2/c15-12-4-3-5-13(11(12)10-16)19-9-8-17-7-2-1-6-14(17)18/h1-7H,8-10,16H2. The molecule has 0 bridgehead atoms. The molecule has 0 aliphatic rings. The Bertz CT molecular complexity index is 610. The number of aromatic nitrogens is 1. The molecule has 1 aromatic heterocycles. The lowest BCUT2D eigenvalue weighted by atomic mass is 10.2. The van der Waals surface area contributed by atoms with Crippen LogP contribution in [-0.2, 0) is 13.1 Å². The van der Waals surface area contributed by atoms with Crippen LogP contribution in [0.5, 0.6) is 5.75 Å². The highest BCUT2D eigenvalue weighted by Crippen LogP contribution is 2.25. The predicted molar refractivity (Wildman–Crippen MR) is 75.5 cm³/mol. The molecule has 1 heterocycles. The zero-order valence-corrected chi connectivity index (χ0v) is 11.1. The summed E-state index contributed by atoms with van der Waals surface area (Å²) in [6.07, 6.45) is 1.73. The molecule has 0 unspecified atom stereocenters. The van der Waals surface area contributed by atoms with Crippen LogP contribution in [0.2, 0.25) is 5.02 Å². The van der Waals surface area contributed by atoms with E-state index in [1.54, 1.807) is 22.9 Å². The van der Waals surface area contributed by atoms with Crippen molar-refractivity contribution < 1.29 is 4.74 Å². The number of ether oxygens (including phenoxy) is 1. The minimum Gasteiger partial charge on any atom is -0.491 e. The predicted octanol–water partition coefficient (Wildman–Crippen LogP) is 2.04. The fourth-order valence-electron chi connectivity index (χ4n) is 1.77. The molecule has 0 aliphatic heterocycles. The van der Waals surface area contributed by atoms with Gasteiger partial charge in [-0.3, -0.25) is 4.79 Å². The summed E-state index contributed by atoms with van der Waals surface area (Å²) >= 11 is 6.04. The molecule has 2 rings (SSSR count). The first-order valence-electron chi connectivity index (χ1n) is 5.98. The van der Waals surface area contributed by atoms with Gasteiger partial charge in [0.05, 0.1) is 6.54 Å². The van der Waals surface area contributed by atoms with Crippen LogP contribution >= 0.6 is 11.6 Å². The molecule has 100 valence electrons. The van der Waals surface area contributed by atoms with E-state index in [0.717, 1.165) is 5.56 Å². The molecular formula is C14H15ClN2O2. The van der Waals surface area contributed by atoms with Crippen LogP contribution in [0.3, 0.4) is 0 Å². The monoisotopic (exact) mass is 278 g/mol. The van der Waals surface area contributed by atoms with Gasteiger partial charge in [-0.15, -0.1) is 0 Å². The molecule has 2 N–H and O–H groups in total. The van der Waals surface area contributed by atoms with Crippen LogP contribution in [-0.4, -0.2) is 11.2 Å². The number of nitrogens with two attached hydrogens (primary N) is 1. The molecule has 0 aliphatic carbocycles. The van der Waals surface area contributed by atoms with Crippen molar-refractivity contribution in [3.05, 3.63) is 63.5 Å². The van der Waals surface area contributed by atoms with E-state index in [4.69, 9.17) is 22.1 Å². The Morgan fingerprint density at radius 3 is 2.79 bits per heavy atom. The van der Waals surface area contributed by atoms with Gasteiger partial charge in [0, 0.05) is 29.4 Å². The second-order valence-corrected chi connectivity index (χ2v) is 4.41. The number of halogens is 1. The molecule has 4 nitrogen and oxygen atoms in total. The van der Waals surface area contributed by atoms with Gasteiger partial charge in [0.1, 0.15) is 12.4 Å². The van der Waals surface area contributed by atoms with Gasteiger partial charge in [0.25, 0.3) is 5.56 Å². The third kappa shape index (κ3) is 3.36. The zero-order valence-electron chi connectivity index (χ0n) is 10.4. The summed E-state index contributed by atoms with van der Waals surface area (Å²) < 4.78 is 7.23. The first-order chi connectivity index (χ1) is 9.22. The number of rotatable bonds is 5. The maximum Gasteiger partial charge on any atom is 0.250 e. The maximum atomic E-state index is 11.5. The molecule has 0 atom stereocenters. The van der Waals surface area contributed by atoms with E-state index >= 15 is 0 Å². The summed E-state index contributed by atoms with van der Waals surface area (Å²) in [6, 6.07) is 10.5. The van der Waals surface area contributed by atoms with E-state index in [2.05, 4.69) is 0 Å². The van der Waals surface area contributed by atoms with Crippen molar-refractivity contribution in [2.24, 2.45) is 5.73 Å². The van der Waals surface area contributed by atoms with Gasteiger partial charge in [-0.05, 0) is 18.2 Å². The van der Waals surface area contributed by atoms with Gasteiger partial charge in [-0.25, -0.2) is 0 Å². The maximum absolute atomic E-state index is 11.5. The number of benzene rings is 1. The summed E-state index contributed by atoms with van der Waals surface area (Å²) in [5, 5.41) is 0.594. The highest BCUT2D eigenvalue weighted by molar-refractivity contribution is 6.31. The summed E-state index contributed by atoms with van der Waals surface area (Å²) in [4.78, 5) is 11.5. The van der Waals surface area contributed by atoms with Crippen molar-refractivity contribution in [1.82, 2.24) is 4.57 Å². The van der Waals surface area contributed by atoms with Gasteiger partial charge < -0.3 is 15.0 Å². The summed E-state index contributed by atoms with van der Waals surface area (Å²) in [7, 11) is 0. The van der Waals surface area contributed by atoms with Crippen LogP contribution in [0.4, 0.5) is 0 Å². The number of pyridine rings is 1. The van der Waals surface area contributed by atoms with Crippen molar-refractivity contribution in [1.29, 1.82) is 0 Å². The molecular weight excluding hydrogens is 264 g/mol. The Hall–Kier alpha value is -1.78. The van der Waals surface area contributed by atoms with Gasteiger partial charge >= 0.3 is 0 Å². The van der Waals surface area contributed by atoms with Crippen molar-refractivity contribution in [3.8, 4) is 5.75 Å². The van der Waals surface area contributed by atoms with E-state index < -0.39 is 0 Å². The average Bonchev–Trinajstić information content (AvgIpc) is 2.41. The highest BCUT2D eigenvalue weighted by atomic mass is 35.5. The van der Waals surface area contributed by atoms with E-state index in [1.165, 1.54) is 6.07 Å². The van der Waals surface area contributed by atoms with Gasteiger partial charge in [0.15, 0.2) is 0 Å². The molecule has 0 spiro atoms. The van der Waals surface area contributed by atoms with Crippen molar-refractivity contribution in [2.45, 2.75) is 13.1 Å². The lowest BCUT2D eigenvalue weighted by Crippen LogP contribution is -2.21. The Labute approximate surface area is 116 Å². The van der Waals surface area contributed by atoms with Crippen molar-refractivity contribution >= 4 is 11.6 Å². The van der Waals surface area contributed by atoms with Crippen LogP contribution in [0, 0.1) is 0 Å². The van der Waals surface area contributed by atoms with Crippen LogP contribution in [0.15, 0.2) is 47.4 Å². The Morgan fingerprint density at radius 2 is 2.05 bits per heavy atom. The molecule has 19 heavy (non-hydrogen) atoms. The van der Waals surface area contributed by atoms with E-state index in [0.29, 0.717) is 30.5 Å². The van der Waals surface area contributed by atoms with E-state index in [9.17, 15) is 4.79 Å². The van der Waals surface area contributed by atoms with Crippen molar-refractivity contribution in [2.75, 3.05) is 6.61 Å². The third-order valence-corrected chi connectivity index (χ3v) is 3.12. The lowest BCUT2D eigenvalue weighted by molar-refractivity contribution is 0.293. The summed E-state index contributed by atoms with van der Waals surface area (Å²) in [5.41, 5.74) is 6.38. The fourth-order valence-corrected chi connectivity index (χ4v) is 2.01. The van der Waals surface area contributed by atoms with Crippen LogP contribution in [0.1, 0.15) is 5.56 Å². The third-order valence-electron chi connectivity index (χ3n) is 2.77. The zero-order chi connectivity index (χ0) is 13.7. The number of hydrogen-bond donors (Lipinski definition) is 1. The number of nitrogens with zero attached hydrogens (tertiary/aromatic N) is 1. The second-order valence-electron chi connectivity index (χ2n) is 4.00. The second kappa shape index (κ2) is 6.41. The molecule has 0 radical (unpaired) electrons. The van der Waals surface area contributed by atoms with Gasteiger partial charge in [-0.1, -0.05) is 23.7 Å². The van der Waals surface area contributed by atoms with Crippen LogP contribution < -0.4 is 16.0 Å². The first kappa shape index (κ1) is 13.6. The molecule has 0 saturated heterocycles. The average molecular weight is 279 g/mol. The first-order valence-corrected chi connectivity index (χ1v) is 6.36. The number of hydrogen-bond acceptors (Lipinski definition) is 3. The minimum absolute atomic E-state index is 0.0451. The van der Waals surface area contributed by atoms with Gasteiger partial charge in [0.2, 0.25) is 0 Å². The van der Waals surface area contributed by atoms with E-state index in [1.807, 2.05) is 18.2 Å². The largest absolute Gasteiger partial charge is 0.491 e. The molecule has 2 aromatic rings. The summed E-state index contributed by atoms with van der Waals surface area (Å²) in [5.74, 6) is 0.666. The lowest BCUT2D eigenvalue weighted by Gasteiger charge is -2.12. The minimum atomic E-state index is -0.0451. The molecule has 5 heteroatoms.